The van der Waals surface area contributed by atoms with E-state index in [-0.39, 0.29) is 11.9 Å². The summed E-state index contributed by atoms with van der Waals surface area (Å²) in [5, 5.41) is 5.71. The van der Waals surface area contributed by atoms with E-state index in [2.05, 4.69) is 10.6 Å². The molecule has 3 aromatic carbocycles. The Morgan fingerprint density at radius 1 is 0.968 bits per heavy atom. The Bertz CT molecular complexity index is 1080. The first kappa shape index (κ1) is 20.5. The number of likely N-dealkylation sites (tertiary alicyclic amines) is 1. The average molecular weight is 415 g/mol. The summed E-state index contributed by atoms with van der Waals surface area (Å²) in [6.45, 7) is 3.14. The standard InChI is InChI=1S/C25H25N3O3/c1-18-7-5-8-20(15-18)26-25(30)27-21-12-13-23(31-22-9-3-2-4-10-22)19(16-21)17-28-14-6-11-24(28)29/h2-5,7-10,12-13,15-16H,6,11,14,17H2,1H3,(H2,26,27,30). The third-order valence-electron chi connectivity index (χ3n) is 5.10. The number of hydrogen-bond acceptors (Lipinski definition) is 3. The van der Waals surface area contributed by atoms with Crippen LogP contribution in [0.2, 0.25) is 0 Å². The van der Waals surface area contributed by atoms with Gasteiger partial charge in [-0.15, -0.1) is 0 Å². The Hall–Kier alpha value is -3.80. The molecule has 4 rings (SSSR count). The normalized spacial score (nSPS) is 13.2. The molecule has 6 nitrogen and oxygen atoms in total. The predicted octanol–water partition coefficient (Wildman–Crippen LogP) is 5.55. The van der Waals surface area contributed by atoms with Crippen LogP contribution in [0.25, 0.3) is 0 Å². The summed E-state index contributed by atoms with van der Waals surface area (Å²) in [5.41, 5.74) is 3.27. The van der Waals surface area contributed by atoms with Gasteiger partial charge in [-0.2, -0.15) is 0 Å². The molecule has 1 heterocycles. The van der Waals surface area contributed by atoms with Crippen LogP contribution in [0.4, 0.5) is 16.2 Å². The van der Waals surface area contributed by atoms with Crippen molar-refractivity contribution >= 4 is 23.3 Å². The lowest BCUT2D eigenvalue weighted by atomic mass is 10.1. The van der Waals surface area contributed by atoms with Gasteiger partial charge in [-0.3, -0.25) is 4.79 Å². The van der Waals surface area contributed by atoms with E-state index in [0.717, 1.165) is 35.5 Å². The minimum atomic E-state index is -0.328. The number of rotatable bonds is 6. The Morgan fingerprint density at radius 3 is 2.45 bits per heavy atom. The smallest absolute Gasteiger partial charge is 0.323 e. The largest absolute Gasteiger partial charge is 0.457 e. The fourth-order valence-electron chi connectivity index (χ4n) is 3.59. The van der Waals surface area contributed by atoms with Crippen molar-refractivity contribution in [3.63, 3.8) is 0 Å². The van der Waals surface area contributed by atoms with Gasteiger partial charge in [-0.1, -0.05) is 30.3 Å². The van der Waals surface area contributed by atoms with Crippen molar-refractivity contribution in [2.75, 3.05) is 17.2 Å². The minimum absolute atomic E-state index is 0.140. The zero-order valence-electron chi connectivity index (χ0n) is 17.4. The number of anilines is 2. The number of nitrogens with one attached hydrogen (secondary N) is 2. The summed E-state index contributed by atoms with van der Waals surface area (Å²) >= 11 is 0. The molecule has 6 heteroatoms. The molecule has 2 N–H and O–H groups in total. The highest BCUT2D eigenvalue weighted by molar-refractivity contribution is 5.99. The lowest BCUT2D eigenvalue weighted by Gasteiger charge is -2.19. The topological polar surface area (TPSA) is 70.7 Å². The third kappa shape index (κ3) is 5.42. The third-order valence-corrected chi connectivity index (χ3v) is 5.10. The van der Waals surface area contributed by atoms with E-state index in [1.54, 1.807) is 6.07 Å². The first-order chi connectivity index (χ1) is 15.1. The van der Waals surface area contributed by atoms with Crippen LogP contribution < -0.4 is 15.4 Å². The Labute approximate surface area is 181 Å². The quantitative estimate of drug-likeness (QED) is 0.554. The van der Waals surface area contributed by atoms with Gasteiger partial charge in [0.2, 0.25) is 5.91 Å². The summed E-state index contributed by atoms with van der Waals surface area (Å²) in [5.74, 6) is 1.52. The van der Waals surface area contributed by atoms with Crippen LogP contribution in [-0.4, -0.2) is 23.4 Å². The van der Waals surface area contributed by atoms with E-state index in [9.17, 15) is 9.59 Å². The summed E-state index contributed by atoms with van der Waals surface area (Å²) in [4.78, 5) is 26.4. The van der Waals surface area contributed by atoms with E-state index in [1.165, 1.54) is 0 Å². The number of carbonyl (C=O) groups is 2. The van der Waals surface area contributed by atoms with Crippen LogP contribution in [0.15, 0.2) is 72.8 Å². The summed E-state index contributed by atoms with van der Waals surface area (Å²) in [6, 6.07) is 22.3. The van der Waals surface area contributed by atoms with E-state index < -0.39 is 0 Å². The molecule has 0 saturated carbocycles. The number of aryl methyl sites for hydroxylation is 1. The molecule has 0 aromatic heterocycles. The van der Waals surface area contributed by atoms with Crippen molar-refractivity contribution in [3.05, 3.63) is 83.9 Å². The Kier molecular flexibility index (Phi) is 6.17. The van der Waals surface area contributed by atoms with Gasteiger partial charge in [0, 0.05) is 36.4 Å². The fourth-order valence-corrected chi connectivity index (χ4v) is 3.59. The van der Waals surface area contributed by atoms with E-state index in [0.29, 0.717) is 24.4 Å². The van der Waals surface area contributed by atoms with Gasteiger partial charge in [0.05, 0.1) is 0 Å². The lowest BCUT2D eigenvalue weighted by molar-refractivity contribution is -0.128. The molecule has 1 aliphatic heterocycles. The van der Waals surface area contributed by atoms with Crippen LogP contribution >= 0.6 is 0 Å². The van der Waals surface area contributed by atoms with Crippen LogP contribution in [0.3, 0.4) is 0 Å². The number of benzene rings is 3. The summed E-state index contributed by atoms with van der Waals surface area (Å²) in [6.07, 6.45) is 1.44. The first-order valence-electron chi connectivity index (χ1n) is 10.3. The molecular formula is C25H25N3O3. The van der Waals surface area contributed by atoms with Crippen molar-refractivity contribution in [2.45, 2.75) is 26.3 Å². The highest BCUT2D eigenvalue weighted by Crippen LogP contribution is 2.30. The van der Waals surface area contributed by atoms with Crippen molar-refractivity contribution in [1.82, 2.24) is 4.90 Å². The van der Waals surface area contributed by atoms with Gasteiger partial charge < -0.3 is 20.3 Å². The number of hydrogen-bond donors (Lipinski definition) is 2. The average Bonchev–Trinajstić information content (AvgIpc) is 3.15. The van der Waals surface area contributed by atoms with Gasteiger partial charge in [-0.05, 0) is 61.4 Å². The van der Waals surface area contributed by atoms with E-state index in [4.69, 9.17) is 4.74 Å². The molecule has 0 bridgehead atoms. The molecule has 31 heavy (non-hydrogen) atoms. The molecule has 0 atom stereocenters. The first-order valence-corrected chi connectivity index (χ1v) is 10.3. The van der Waals surface area contributed by atoms with Gasteiger partial charge in [0.25, 0.3) is 0 Å². The van der Waals surface area contributed by atoms with Crippen molar-refractivity contribution < 1.29 is 14.3 Å². The molecule has 3 amide bonds. The van der Waals surface area contributed by atoms with Gasteiger partial charge in [-0.25, -0.2) is 4.79 Å². The maximum Gasteiger partial charge on any atom is 0.323 e. The monoisotopic (exact) mass is 415 g/mol. The molecule has 0 unspecified atom stereocenters. The molecule has 0 radical (unpaired) electrons. The number of para-hydroxylation sites is 1. The highest BCUT2D eigenvalue weighted by atomic mass is 16.5. The van der Waals surface area contributed by atoms with Crippen LogP contribution in [0.1, 0.15) is 24.0 Å². The Morgan fingerprint density at radius 2 is 1.74 bits per heavy atom. The van der Waals surface area contributed by atoms with Crippen LogP contribution in [-0.2, 0) is 11.3 Å². The number of urea groups is 1. The molecule has 158 valence electrons. The minimum Gasteiger partial charge on any atom is -0.457 e. The molecule has 1 fully saturated rings. The highest BCUT2D eigenvalue weighted by Gasteiger charge is 2.22. The zero-order chi connectivity index (χ0) is 21.6. The number of nitrogens with zero attached hydrogens (tertiary/aromatic N) is 1. The number of ether oxygens (including phenoxy) is 1. The van der Waals surface area contributed by atoms with Crippen molar-refractivity contribution in [2.24, 2.45) is 0 Å². The summed E-state index contributed by atoms with van der Waals surface area (Å²) in [7, 11) is 0. The second kappa shape index (κ2) is 9.34. The zero-order valence-corrected chi connectivity index (χ0v) is 17.4. The molecule has 0 spiro atoms. The summed E-state index contributed by atoms with van der Waals surface area (Å²) < 4.78 is 6.06. The Balaban J connectivity index is 1.53. The lowest BCUT2D eigenvalue weighted by Crippen LogP contribution is -2.24. The van der Waals surface area contributed by atoms with E-state index >= 15 is 0 Å². The molecular weight excluding hydrogens is 390 g/mol. The van der Waals surface area contributed by atoms with Crippen molar-refractivity contribution in [3.8, 4) is 11.5 Å². The van der Waals surface area contributed by atoms with E-state index in [1.807, 2.05) is 78.6 Å². The van der Waals surface area contributed by atoms with Crippen LogP contribution in [0.5, 0.6) is 11.5 Å². The van der Waals surface area contributed by atoms with Gasteiger partial charge in [0.15, 0.2) is 0 Å². The number of carbonyl (C=O) groups excluding carboxylic acids is 2. The van der Waals surface area contributed by atoms with Crippen LogP contribution in [0, 0.1) is 6.92 Å². The van der Waals surface area contributed by atoms with Gasteiger partial charge in [0.1, 0.15) is 11.5 Å². The van der Waals surface area contributed by atoms with Crippen molar-refractivity contribution in [1.29, 1.82) is 0 Å². The molecule has 1 aliphatic rings. The molecule has 1 saturated heterocycles. The van der Waals surface area contributed by atoms with Gasteiger partial charge >= 0.3 is 6.03 Å². The fraction of sp³-hybridized carbons (Fsp3) is 0.200. The second-order valence-corrected chi connectivity index (χ2v) is 7.61. The maximum absolute atomic E-state index is 12.5. The SMILES string of the molecule is Cc1cccc(NC(=O)Nc2ccc(Oc3ccccc3)c(CN3CCCC3=O)c2)c1. The predicted molar refractivity (Wildman–Crippen MR) is 121 cm³/mol. The second-order valence-electron chi connectivity index (χ2n) is 7.61. The molecule has 0 aliphatic carbocycles. The maximum atomic E-state index is 12.5. The number of amides is 3. The molecule has 3 aromatic rings.